The van der Waals surface area contributed by atoms with E-state index in [1.54, 1.807) is 35.2 Å². The number of carbonyl (C=O) groups is 2. The predicted molar refractivity (Wildman–Crippen MR) is 149 cm³/mol. The molecule has 4 aromatic rings. The first-order valence-electron chi connectivity index (χ1n) is 12.9. The third kappa shape index (κ3) is 7.44. The topological polar surface area (TPSA) is 172 Å². The lowest BCUT2D eigenvalue weighted by atomic mass is 10.1. The number of aliphatic hydroxyl groups excluding tert-OH is 1. The number of ether oxygens (including phenoxy) is 2. The lowest BCUT2D eigenvalue weighted by molar-refractivity contribution is -0.137. The Balaban J connectivity index is 1.64. The summed E-state index contributed by atoms with van der Waals surface area (Å²) < 4.78 is 16.9. The molecule has 0 fully saturated rings. The van der Waals surface area contributed by atoms with Gasteiger partial charge in [0.15, 0.2) is 16.6 Å². The Bertz CT molecular complexity index is 1540. The third-order valence-electron chi connectivity index (χ3n) is 6.17. The van der Waals surface area contributed by atoms with Crippen LogP contribution in [0.3, 0.4) is 0 Å². The van der Waals surface area contributed by atoms with E-state index in [-0.39, 0.29) is 44.6 Å². The molecule has 0 amide bonds. The van der Waals surface area contributed by atoms with Gasteiger partial charge in [-0.05, 0) is 30.3 Å². The molecule has 12 heteroatoms. The van der Waals surface area contributed by atoms with Crippen LogP contribution >= 0.6 is 0 Å². The SMILES string of the molecule is O=C(O)CCN(CCC(=O)O)c1ccc2nc3c(cc(NCCOCCOCCO)c4ccc(=O)cc43)oc2c1. The van der Waals surface area contributed by atoms with E-state index >= 15 is 0 Å². The predicted octanol–water partition coefficient (Wildman–Crippen LogP) is 2.69. The van der Waals surface area contributed by atoms with Crippen LogP contribution < -0.4 is 15.6 Å². The molecule has 40 heavy (non-hydrogen) atoms. The molecule has 0 atom stereocenters. The number of hydrogen-bond acceptors (Lipinski definition) is 10. The number of nitrogens with one attached hydrogen (secondary N) is 1. The zero-order valence-electron chi connectivity index (χ0n) is 21.8. The molecule has 4 rings (SSSR count). The first kappa shape index (κ1) is 28.7. The molecule has 1 heterocycles. The number of aliphatic carboxylic acids is 2. The average Bonchev–Trinajstić information content (AvgIpc) is 2.93. The molecule has 0 radical (unpaired) electrons. The molecule has 4 N–H and O–H groups in total. The highest BCUT2D eigenvalue weighted by Crippen LogP contribution is 2.33. The maximum Gasteiger partial charge on any atom is 0.305 e. The van der Waals surface area contributed by atoms with E-state index in [4.69, 9.17) is 34.2 Å². The Kier molecular flexibility index (Phi) is 9.84. The first-order valence-corrected chi connectivity index (χ1v) is 12.9. The van der Waals surface area contributed by atoms with E-state index in [0.29, 0.717) is 59.6 Å². The molecule has 0 saturated heterocycles. The maximum absolute atomic E-state index is 12.2. The second kappa shape index (κ2) is 13.7. The van der Waals surface area contributed by atoms with Crippen molar-refractivity contribution in [1.29, 1.82) is 0 Å². The molecule has 0 aliphatic heterocycles. The number of fused-ring (bicyclic) bond motifs is 4. The van der Waals surface area contributed by atoms with Gasteiger partial charge in [0.25, 0.3) is 0 Å². The van der Waals surface area contributed by atoms with Crippen molar-refractivity contribution in [2.75, 3.05) is 62.9 Å². The lowest BCUT2D eigenvalue weighted by Gasteiger charge is -2.23. The van der Waals surface area contributed by atoms with Gasteiger partial charge in [-0.15, -0.1) is 0 Å². The smallest absolute Gasteiger partial charge is 0.305 e. The largest absolute Gasteiger partial charge is 0.481 e. The van der Waals surface area contributed by atoms with Gasteiger partial charge < -0.3 is 39.4 Å². The molecular weight excluding hydrogens is 522 g/mol. The summed E-state index contributed by atoms with van der Waals surface area (Å²) >= 11 is 0. The lowest BCUT2D eigenvalue weighted by Crippen LogP contribution is -2.28. The fraction of sp³-hybridized carbons (Fsp3) is 0.357. The van der Waals surface area contributed by atoms with E-state index in [1.807, 2.05) is 0 Å². The molecule has 0 saturated carbocycles. The first-order chi connectivity index (χ1) is 19.4. The van der Waals surface area contributed by atoms with Crippen LogP contribution in [0.25, 0.3) is 33.0 Å². The standard InChI is InChI=1S/C28H31N3O9/c32-10-12-39-14-13-38-11-7-29-23-17-25-28(21-16-19(33)2-3-20(21)23)30-22-4-1-18(15-24(22)40-25)31(8-5-26(34)35)9-6-27(36)37/h1-4,15-17,29,32H,5-14H2,(H,34,35)(H,36,37). The van der Waals surface area contributed by atoms with Crippen molar-refractivity contribution in [3.63, 3.8) is 0 Å². The van der Waals surface area contributed by atoms with E-state index in [2.05, 4.69) is 5.32 Å². The number of aliphatic hydroxyl groups is 1. The molecule has 0 aliphatic carbocycles. The summed E-state index contributed by atoms with van der Waals surface area (Å²) in [4.78, 5) is 41.0. The Morgan fingerprint density at radius 3 is 2.30 bits per heavy atom. The number of rotatable bonds is 16. The normalized spacial score (nSPS) is 11.3. The molecule has 212 valence electrons. The minimum Gasteiger partial charge on any atom is -0.481 e. The quantitative estimate of drug-likeness (QED) is 0.0909. The van der Waals surface area contributed by atoms with Crippen molar-refractivity contribution < 1.29 is 38.8 Å². The van der Waals surface area contributed by atoms with Crippen molar-refractivity contribution in [2.45, 2.75) is 12.8 Å². The summed E-state index contributed by atoms with van der Waals surface area (Å²) in [5.74, 6) is -1.97. The van der Waals surface area contributed by atoms with Gasteiger partial charge in [0.2, 0.25) is 0 Å². The summed E-state index contributed by atoms with van der Waals surface area (Å²) in [6.07, 6.45) is -0.300. The summed E-state index contributed by atoms with van der Waals surface area (Å²) in [5.41, 5.74) is 3.09. The number of anilines is 2. The Hall–Kier alpha value is -4.26. The fourth-order valence-electron chi connectivity index (χ4n) is 4.29. The van der Waals surface area contributed by atoms with E-state index in [0.717, 1.165) is 11.1 Å². The molecule has 3 aromatic carbocycles. The van der Waals surface area contributed by atoms with Crippen molar-refractivity contribution in [3.8, 4) is 0 Å². The summed E-state index contributed by atoms with van der Waals surface area (Å²) in [7, 11) is 0. The molecule has 0 unspecified atom stereocenters. The highest BCUT2D eigenvalue weighted by molar-refractivity contribution is 6.10. The highest BCUT2D eigenvalue weighted by Gasteiger charge is 2.15. The fourth-order valence-corrected chi connectivity index (χ4v) is 4.29. The van der Waals surface area contributed by atoms with Gasteiger partial charge >= 0.3 is 11.9 Å². The minimum atomic E-state index is -0.983. The number of benzene rings is 3. The molecule has 0 spiro atoms. The van der Waals surface area contributed by atoms with E-state index in [9.17, 15) is 14.4 Å². The van der Waals surface area contributed by atoms with Gasteiger partial charge in [0.1, 0.15) is 11.0 Å². The van der Waals surface area contributed by atoms with Crippen LogP contribution in [0.2, 0.25) is 0 Å². The molecule has 0 aliphatic rings. The van der Waals surface area contributed by atoms with Crippen molar-refractivity contribution in [1.82, 2.24) is 4.98 Å². The minimum absolute atomic E-state index is 0.0358. The molecule has 0 bridgehead atoms. The van der Waals surface area contributed by atoms with Crippen LogP contribution in [0.15, 0.2) is 51.7 Å². The molecule has 12 nitrogen and oxygen atoms in total. The number of aromatic nitrogens is 1. The Labute approximate surface area is 228 Å². The van der Waals surface area contributed by atoms with Gasteiger partial charge in [-0.3, -0.25) is 14.4 Å². The van der Waals surface area contributed by atoms with Gasteiger partial charge in [0.05, 0.1) is 45.9 Å². The monoisotopic (exact) mass is 553 g/mol. The summed E-state index contributed by atoms with van der Waals surface area (Å²) in [6.45, 7) is 2.16. The highest BCUT2D eigenvalue weighted by atomic mass is 16.5. The van der Waals surface area contributed by atoms with Crippen LogP contribution in [0, 0.1) is 0 Å². The zero-order chi connectivity index (χ0) is 28.5. The second-order valence-electron chi connectivity index (χ2n) is 8.99. The van der Waals surface area contributed by atoms with Crippen molar-refractivity contribution >= 4 is 56.3 Å². The second-order valence-corrected chi connectivity index (χ2v) is 8.99. The number of carboxylic acids is 2. The Morgan fingerprint density at radius 1 is 0.875 bits per heavy atom. The van der Waals surface area contributed by atoms with Crippen LogP contribution in [-0.2, 0) is 19.1 Å². The van der Waals surface area contributed by atoms with Crippen molar-refractivity contribution in [2.24, 2.45) is 0 Å². The maximum atomic E-state index is 12.2. The van der Waals surface area contributed by atoms with Gasteiger partial charge in [-0.1, -0.05) is 0 Å². The van der Waals surface area contributed by atoms with Crippen LogP contribution in [-0.4, -0.2) is 84.9 Å². The van der Waals surface area contributed by atoms with Gasteiger partial charge in [0, 0.05) is 53.9 Å². The van der Waals surface area contributed by atoms with Crippen LogP contribution in [0.1, 0.15) is 12.8 Å². The van der Waals surface area contributed by atoms with Crippen LogP contribution in [0.4, 0.5) is 11.4 Å². The molecular formula is C28H31N3O9. The number of carboxylic acid groups (broad SMARTS) is 2. The van der Waals surface area contributed by atoms with Gasteiger partial charge in [-0.2, -0.15) is 0 Å². The molecule has 1 aromatic heterocycles. The van der Waals surface area contributed by atoms with E-state index < -0.39 is 11.9 Å². The van der Waals surface area contributed by atoms with E-state index in [1.165, 1.54) is 12.1 Å². The van der Waals surface area contributed by atoms with Crippen LogP contribution in [0.5, 0.6) is 0 Å². The Morgan fingerprint density at radius 2 is 1.60 bits per heavy atom. The van der Waals surface area contributed by atoms with Gasteiger partial charge in [-0.25, -0.2) is 4.98 Å². The van der Waals surface area contributed by atoms with Crippen molar-refractivity contribution in [3.05, 3.63) is 52.7 Å². The summed E-state index contributed by atoms with van der Waals surface area (Å²) in [5, 5.41) is 31.7. The zero-order valence-corrected chi connectivity index (χ0v) is 21.8. The average molecular weight is 554 g/mol. The summed E-state index contributed by atoms with van der Waals surface area (Å²) in [6, 6.07) is 11.7. The number of hydrogen-bond donors (Lipinski definition) is 4. The number of nitrogens with zero attached hydrogens (tertiary/aromatic N) is 2. The third-order valence-corrected chi connectivity index (χ3v) is 6.17.